The second kappa shape index (κ2) is 6.55. The van der Waals surface area contributed by atoms with Crippen molar-refractivity contribution in [1.29, 1.82) is 0 Å². The molecule has 2 heterocycles. The van der Waals surface area contributed by atoms with Crippen molar-refractivity contribution in [3.8, 4) is 0 Å². The van der Waals surface area contributed by atoms with Crippen molar-refractivity contribution in [2.24, 2.45) is 5.73 Å². The first-order valence-corrected chi connectivity index (χ1v) is 8.02. The first kappa shape index (κ1) is 15.9. The minimum absolute atomic E-state index is 0.253. The molecule has 0 radical (unpaired) electrons. The molecule has 3 unspecified atom stereocenters. The molecule has 116 valence electrons. The first-order valence-electron chi connectivity index (χ1n) is 6.94. The van der Waals surface area contributed by atoms with Crippen LogP contribution in [0.15, 0.2) is 29.0 Å². The third-order valence-electron chi connectivity index (χ3n) is 3.74. The Kier molecular flexibility index (Phi) is 4.97. The van der Waals surface area contributed by atoms with E-state index < -0.39 is 15.8 Å². The van der Waals surface area contributed by atoms with Gasteiger partial charge in [0, 0.05) is 11.6 Å². The van der Waals surface area contributed by atoms with Crippen LogP contribution in [0.2, 0.25) is 0 Å². The molecule has 2 rings (SSSR count). The minimum Gasteiger partial charge on any atom is -0.771 e. The zero-order valence-corrected chi connectivity index (χ0v) is 13.0. The molecular weight excluding hydrogens is 290 g/mol. The summed E-state index contributed by atoms with van der Waals surface area (Å²) in [5.41, 5.74) is 7.37. The highest BCUT2D eigenvalue weighted by Crippen LogP contribution is 2.37. The summed E-state index contributed by atoms with van der Waals surface area (Å²) in [6, 6.07) is 3.04. The van der Waals surface area contributed by atoms with Crippen LogP contribution in [-0.2, 0) is 15.8 Å². The molecule has 0 aliphatic heterocycles. The Bertz CT molecular complexity index is 596. The molecule has 3 N–H and O–H groups in total. The molecule has 21 heavy (non-hydrogen) atoms. The van der Waals surface area contributed by atoms with E-state index in [-0.39, 0.29) is 6.04 Å². The van der Waals surface area contributed by atoms with Crippen LogP contribution in [0, 0.1) is 0 Å². The van der Waals surface area contributed by atoms with Crippen molar-refractivity contribution in [3.05, 3.63) is 41.6 Å². The Morgan fingerprint density at radius 2 is 2.38 bits per heavy atom. The lowest BCUT2D eigenvalue weighted by Crippen LogP contribution is -2.31. The van der Waals surface area contributed by atoms with Crippen LogP contribution in [0.3, 0.4) is 0 Å². The third-order valence-corrected chi connectivity index (χ3v) is 4.81. The van der Waals surface area contributed by atoms with E-state index in [1.165, 1.54) is 6.26 Å². The molecule has 0 bridgehead atoms. The van der Waals surface area contributed by atoms with Crippen LogP contribution < -0.4 is 5.73 Å². The van der Waals surface area contributed by atoms with E-state index in [0.29, 0.717) is 17.0 Å². The summed E-state index contributed by atoms with van der Waals surface area (Å²) in [6.45, 7) is 3.67. The summed E-state index contributed by atoms with van der Waals surface area (Å²) >= 11 is -2.43. The van der Waals surface area contributed by atoms with E-state index >= 15 is 0 Å². The predicted molar refractivity (Wildman–Crippen MR) is 79.1 cm³/mol. The van der Waals surface area contributed by atoms with Crippen LogP contribution in [0.1, 0.15) is 56.2 Å². The molecule has 7 heteroatoms. The second-order valence-electron chi connectivity index (χ2n) is 5.19. The second-order valence-corrected chi connectivity index (χ2v) is 6.48. The molecule has 2 aromatic rings. The molecule has 6 nitrogen and oxygen atoms in total. The summed E-state index contributed by atoms with van der Waals surface area (Å²) < 4.78 is 27.7. The minimum atomic E-state index is -2.43. The highest BCUT2D eigenvalue weighted by molar-refractivity contribution is 7.80. The maximum atomic E-state index is 11.9. The Morgan fingerprint density at radius 1 is 1.62 bits per heavy atom. The molecular formula is C14H20N3O3S-. The lowest BCUT2D eigenvalue weighted by Gasteiger charge is -2.30. The monoisotopic (exact) mass is 310 g/mol. The first-order chi connectivity index (χ1) is 10.0. The standard InChI is InChI=1S/C14H21N3O3S/c1-3-4-6-11(15)10-9-16-17-13(10)14(2,21(18)19)12-7-5-8-20-12/h5,7-9,11H,3-4,6,15H2,1-2H3,(H,16,17)(H,18,19)/p-1. The van der Waals surface area contributed by atoms with Crippen molar-refractivity contribution in [2.45, 2.75) is 43.9 Å². The van der Waals surface area contributed by atoms with Gasteiger partial charge in [0.2, 0.25) is 0 Å². The quantitative estimate of drug-likeness (QED) is 0.763. The number of hydrogen-bond donors (Lipinski definition) is 2. The topological polar surface area (TPSA) is 108 Å². The number of unbranched alkanes of at least 4 members (excludes halogenated alkanes) is 1. The van der Waals surface area contributed by atoms with E-state index in [1.54, 1.807) is 25.3 Å². The van der Waals surface area contributed by atoms with Gasteiger partial charge in [0.05, 0.1) is 18.2 Å². The van der Waals surface area contributed by atoms with Gasteiger partial charge in [0.15, 0.2) is 0 Å². The number of aromatic amines is 1. The fraction of sp³-hybridized carbons (Fsp3) is 0.500. The van der Waals surface area contributed by atoms with E-state index in [4.69, 9.17) is 10.2 Å². The molecule has 0 fully saturated rings. The summed E-state index contributed by atoms with van der Waals surface area (Å²) in [7, 11) is 0. The lowest BCUT2D eigenvalue weighted by atomic mass is 9.94. The molecule has 0 saturated carbocycles. The van der Waals surface area contributed by atoms with Crippen LogP contribution in [0.5, 0.6) is 0 Å². The van der Waals surface area contributed by atoms with Crippen molar-refractivity contribution in [3.63, 3.8) is 0 Å². The summed E-state index contributed by atoms with van der Waals surface area (Å²) in [4.78, 5) is 0. The smallest absolute Gasteiger partial charge is 0.129 e. The van der Waals surface area contributed by atoms with Crippen LogP contribution in [0.4, 0.5) is 0 Å². The number of nitrogens with zero attached hydrogens (tertiary/aromatic N) is 1. The van der Waals surface area contributed by atoms with Gasteiger partial charge in [-0.1, -0.05) is 19.8 Å². The third kappa shape index (κ3) is 2.95. The number of H-pyrrole nitrogens is 1. The Hall–Kier alpha value is -1.44. The molecule has 0 saturated heterocycles. The molecule has 0 spiro atoms. The maximum Gasteiger partial charge on any atom is 0.129 e. The van der Waals surface area contributed by atoms with Gasteiger partial charge >= 0.3 is 0 Å². The summed E-state index contributed by atoms with van der Waals surface area (Å²) in [5, 5.41) is 6.78. The average Bonchev–Trinajstić information content (AvgIpc) is 3.14. The van der Waals surface area contributed by atoms with Crippen LogP contribution >= 0.6 is 0 Å². The van der Waals surface area contributed by atoms with E-state index in [1.807, 2.05) is 0 Å². The zero-order chi connectivity index (χ0) is 15.5. The lowest BCUT2D eigenvalue weighted by molar-refractivity contribution is 0.437. The van der Waals surface area contributed by atoms with E-state index in [2.05, 4.69) is 17.1 Å². The molecule has 3 atom stereocenters. The van der Waals surface area contributed by atoms with Crippen LogP contribution in [0.25, 0.3) is 0 Å². The van der Waals surface area contributed by atoms with Gasteiger partial charge in [0.25, 0.3) is 0 Å². The maximum absolute atomic E-state index is 11.9. The summed E-state index contributed by atoms with van der Waals surface area (Å²) in [5.74, 6) is 0.337. The Balaban J connectivity index is 2.44. The molecule has 0 aliphatic rings. The largest absolute Gasteiger partial charge is 0.771 e. The fourth-order valence-corrected chi connectivity index (χ4v) is 2.99. The SMILES string of the molecule is CCCCC(N)c1cn[nH]c1C(C)(c1ccco1)S(=O)[O-]. The van der Waals surface area contributed by atoms with Crippen LogP contribution in [-0.4, -0.2) is 19.0 Å². The Labute approximate surface area is 126 Å². The number of aromatic nitrogens is 2. The highest BCUT2D eigenvalue weighted by Gasteiger charge is 2.38. The number of furan rings is 1. The number of nitrogens with two attached hydrogens (primary N) is 1. The average molecular weight is 310 g/mol. The van der Waals surface area contributed by atoms with E-state index in [9.17, 15) is 8.76 Å². The molecule has 0 aromatic carbocycles. The highest BCUT2D eigenvalue weighted by atomic mass is 32.2. The molecule has 0 aliphatic carbocycles. The van der Waals surface area contributed by atoms with Crippen molar-refractivity contribution >= 4 is 11.1 Å². The Morgan fingerprint density at radius 3 is 2.95 bits per heavy atom. The normalized spacial score (nSPS) is 17.3. The van der Waals surface area contributed by atoms with Gasteiger partial charge in [0.1, 0.15) is 10.5 Å². The molecule has 0 amide bonds. The van der Waals surface area contributed by atoms with Gasteiger partial charge in [-0.2, -0.15) is 5.10 Å². The number of nitrogens with one attached hydrogen (secondary N) is 1. The zero-order valence-electron chi connectivity index (χ0n) is 12.2. The summed E-state index contributed by atoms with van der Waals surface area (Å²) in [6.07, 6.45) is 5.84. The number of rotatable bonds is 7. The van der Waals surface area contributed by atoms with E-state index in [0.717, 1.165) is 19.3 Å². The van der Waals surface area contributed by atoms with Crippen molar-refractivity contribution < 1.29 is 13.2 Å². The van der Waals surface area contributed by atoms with Gasteiger partial charge < -0.3 is 14.7 Å². The van der Waals surface area contributed by atoms with Crippen molar-refractivity contribution in [1.82, 2.24) is 10.2 Å². The van der Waals surface area contributed by atoms with Gasteiger partial charge in [-0.3, -0.25) is 9.31 Å². The van der Waals surface area contributed by atoms with Gasteiger partial charge in [-0.15, -0.1) is 0 Å². The number of hydrogen-bond acceptors (Lipinski definition) is 5. The van der Waals surface area contributed by atoms with Gasteiger partial charge in [-0.05, 0) is 36.6 Å². The predicted octanol–water partition coefficient (Wildman–Crippen LogP) is 2.34. The fourth-order valence-electron chi connectivity index (χ4n) is 2.38. The molecule has 2 aromatic heterocycles. The van der Waals surface area contributed by atoms with Crippen molar-refractivity contribution in [2.75, 3.05) is 0 Å². The van der Waals surface area contributed by atoms with Gasteiger partial charge in [-0.25, -0.2) is 0 Å².